The van der Waals surface area contributed by atoms with Gasteiger partial charge in [-0.3, -0.25) is 9.78 Å². The summed E-state index contributed by atoms with van der Waals surface area (Å²) in [6, 6.07) is 1.28. The lowest BCUT2D eigenvalue weighted by atomic mass is 10.6. The van der Waals surface area contributed by atoms with Gasteiger partial charge in [0.1, 0.15) is 0 Å². The van der Waals surface area contributed by atoms with Crippen molar-refractivity contribution in [3.05, 3.63) is 40.0 Å². The summed E-state index contributed by atoms with van der Waals surface area (Å²) in [5, 5.41) is 0. The topological polar surface area (TPSA) is 54.9 Å². The largest absolute Gasteiger partial charge is 0.328 e. The van der Waals surface area contributed by atoms with Crippen LogP contribution in [0.3, 0.4) is 0 Å². The van der Waals surface area contributed by atoms with Gasteiger partial charge >= 0.3 is 5.69 Å². The van der Waals surface area contributed by atoms with Gasteiger partial charge in [0.05, 0.1) is 0 Å². The van der Waals surface area contributed by atoms with Crippen LogP contribution in [0.2, 0.25) is 0 Å². The van der Waals surface area contributed by atoms with Gasteiger partial charge in [0, 0.05) is 18.8 Å². The van der Waals surface area contributed by atoms with E-state index in [4.69, 9.17) is 0 Å². The molecule has 10 heavy (non-hydrogen) atoms. The zero-order chi connectivity index (χ0) is 7.56. The first-order chi connectivity index (χ1) is 4.74. The zero-order valence-corrected chi connectivity index (χ0v) is 5.33. The third-order valence-electron chi connectivity index (χ3n) is 1.14. The van der Waals surface area contributed by atoms with Gasteiger partial charge in [0.25, 0.3) is 5.56 Å². The van der Waals surface area contributed by atoms with Crippen LogP contribution in [0, 0.1) is 6.92 Å². The third kappa shape index (κ3) is 1.15. The number of H-pyrrole nitrogens is 1. The molecule has 0 aliphatic rings. The Morgan fingerprint density at radius 2 is 2.30 bits per heavy atom. The molecule has 1 aromatic rings. The molecule has 0 atom stereocenters. The molecule has 1 radical (unpaired) electrons. The minimum absolute atomic E-state index is 0.329. The molecule has 0 fully saturated rings. The lowest BCUT2D eigenvalue weighted by Crippen LogP contribution is -2.27. The Hall–Kier alpha value is -1.32. The second-order valence-electron chi connectivity index (χ2n) is 1.80. The Morgan fingerprint density at radius 1 is 1.60 bits per heavy atom. The number of rotatable bonds is 1. The van der Waals surface area contributed by atoms with Crippen LogP contribution in [0.25, 0.3) is 0 Å². The molecular weight excluding hydrogens is 132 g/mol. The molecule has 1 rings (SSSR count). The van der Waals surface area contributed by atoms with Gasteiger partial charge in [-0.05, 0) is 6.92 Å². The van der Waals surface area contributed by atoms with Crippen molar-refractivity contribution in [1.82, 2.24) is 9.55 Å². The molecule has 4 nitrogen and oxygen atoms in total. The van der Waals surface area contributed by atoms with Crippen LogP contribution in [0.15, 0.2) is 21.9 Å². The maximum absolute atomic E-state index is 10.7. The Kier molecular flexibility index (Phi) is 1.71. The molecule has 0 saturated heterocycles. The maximum Gasteiger partial charge on any atom is 0.328 e. The number of aromatic amines is 1. The smallest absolute Gasteiger partial charge is 0.301 e. The molecule has 0 aromatic carbocycles. The summed E-state index contributed by atoms with van der Waals surface area (Å²) >= 11 is 0. The van der Waals surface area contributed by atoms with Crippen molar-refractivity contribution in [2.75, 3.05) is 0 Å². The van der Waals surface area contributed by atoms with E-state index in [9.17, 15) is 9.59 Å². The van der Waals surface area contributed by atoms with E-state index in [2.05, 4.69) is 11.9 Å². The molecule has 0 spiro atoms. The summed E-state index contributed by atoms with van der Waals surface area (Å²) in [4.78, 5) is 23.3. The molecule has 1 N–H and O–H groups in total. The minimum atomic E-state index is -0.414. The van der Waals surface area contributed by atoms with Crippen LogP contribution in [0.5, 0.6) is 0 Å². The fourth-order valence-corrected chi connectivity index (χ4v) is 0.620. The van der Waals surface area contributed by atoms with Crippen LogP contribution < -0.4 is 11.2 Å². The van der Waals surface area contributed by atoms with Crippen LogP contribution in [0.1, 0.15) is 0 Å². The lowest BCUT2D eigenvalue weighted by Gasteiger charge is -1.95. The normalized spacial score (nSPS) is 9.70. The van der Waals surface area contributed by atoms with Crippen LogP contribution in [-0.2, 0) is 6.54 Å². The molecule has 0 unspecified atom stereocenters. The summed E-state index contributed by atoms with van der Waals surface area (Å²) < 4.78 is 1.31. The van der Waals surface area contributed by atoms with E-state index in [1.165, 1.54) is 16.8 Å². The SMILES string of the molecule is [CH2]Cn1ccc(=O)[nH]c1=O. The van der Waals surface area contributed by atoms with Gasteiger partial charge < -0.3 is 4.57 Å². The van der Waals surface area contributed by atoms with Crippen molar-refractivity contribution in [1.29, 1.82) is 0 Å². The fraction of sp³-hybridized carbons (Fsp3) is 0.167. The number of hydrogen-bond donors (Lipinski definition) is 1. The summed E-state index contributed by atoms with van der Waals surface area (Å²) in [6.07, 6.45) is 1.41. The van der Waals surface area contributed by atoms with Crippen LogP contribution >= 0.6 is 0 Å². The second kappa shape index (κ2) is 2.51. The molecule has 0 amide bonds. The zero-order valence-electron chi connectivity index (χ0n) is 5.33. The molecule has 0 bridgehead atoms. The lowest BCUT2D eigenvalue weighted by molar-refractivity contribution is 0.734. The number of nitrogens with zero attached hydrogens (tertiary/aromatic N) is 1. The first-order valence-electron chi connectivity index (χ1n) is 2.83. The van der Waals surface area contributed by atoms with E-state index in [-0.39, 0.29) is 5.56 Å². The molecule has 1 aromatic heterocycles. The molecule has 0 saturated carbocycles. The van der Waals surface area contributed by atoms with Gasteiger partial charge in [-0.1, -0.05) is 0 Å². The highest BCUT2D eigenvalue weighted by Gasteiger charge is 1.89. The molecule has 1 heterocycles. The van der Waals surface area contributed by atoms with E-state index in [0.717, 1.165) is 0 Å². The summed E-state index contributed by atoms with van der Waals surface area (Å²) in [5.74, 6) is 0. The predicted octanol–water partition coefficient (Wildman–Crippen LogP) is -0.629. The van der Waals surface area contributed by atoms with Crippen molar-refractivity contribution < 1.29 is 0 Å². The number of nitrogens with one attached hydrogen (secondary N) is 1. The van der Waals surface area contributed by atoms with E-state index < -0.39 is 5.69 Å². The Balaban J connectivity index is 3.34. The summed E-state index contributed by atoms with van der Waals surface area (Å²) in [7, 11) is 0. The fourth-order valence-electron chi connectivity index (χ4n) is 0.620. The summed E-state index contributed by atoms with van der Waals surface area (Å²) in [5.41, 5.74) is -0.794. The quantitative estimate of drug-likeness (QED) is 0.563. The van der Waals surface area contributed by atoms with E-state index in [0.29, 0.717) is 6.54 Å². The first kappa shape index (κ1) is 6.80. The van der Waals surface area contributed by atoms with Crippen molar-refractivity contribution in [2.45, 2.75) is 6.54 Å². The van der Waals surface area contributed by atoms with Crippen LogP contribution in [-0.4, -0.2) is 9.55 Å². The monoisotopic (exact) mass is 139 g/mol. The predicted molar refractivity (Wildman–Crippen MR) is 36.7 cm³/mol. The van der Waals surface area contributed by atoms with Gasteiger partial charge in [-0.15, -0.1) is 0 Å². The average Bonchev–Trinajstić information content (AvgIpc) is 1.88. The standard InChI is InChI=1S/C6H7N2O2/c1-2-8-4-3-5(9)7-6(8)10/h3-4H,1-2H2,(H,7,9,10). The van der Waals surface area contributed by atoms with Crippen molar-refractivity contribution in [3.8, 4) is 0 Å². The van der Waals surface area contributed by atoms with E-state index in [1.807, 2.05) is 0 Å². The molecule has 53 valence electrons. The van der Waals surface area contributed by atoms with E-state index >= 15 is 0 Å². The van der Waals surface area contributed by atoms with Crippen LogP contribution in [0.4, 0.5) is 0 Å². The number of hydrogen-bond acceptors (Lipinski definition) is 2. The molecule has 0 aliphatic carbocycles. The van der Waals surface area contributed by atoms with Gasteiger partial charge in [0.2, 0.25) is 0 Å². The third-order valence-corrected chi connectivity index (χ3v) is 1.14. The molecule has 0 aliphatic heterocycles. The van der Waals surface area contributed by atoms with Gasteiger partial charge in [-0.25, -0.2) is 4.79 Å². The van der Waals surface area contributed by atoms with Gasteiger partial charge in [0.15, 0.2) is 0 Å². The molecule has 4 heteroatoms. The van der Waals surface area contributed by atoms with Crippen molar-refractivity contribution in [2.24, 2.45) is 0 Å². The highest BCUT2D eigenvalue weighted by molar-refractivity contribution is 4.82. The second-order valence-corrected chi connectivity index (χ2v) is 1.80. The minimum Gasteiger partial charge on any atom is -0.301 e. The highest BCUT2D eigenvalue weighted by Crippen LogP contribution is 1.70. The van der Waals surface area contributed by atoms with Crippen molar-refractivity contribution >= 4 is 0 Å². The van der Waals surface area contributed by atoms with E-state index in [1.54, 1.807) is 0 Å². The first-order valence-corrected chi connectivity index (χ1v) is 2.83. The highest BCUT2D eigenvalue weighted by atomic mass is 16.2. The Bertz CT molecular complexity index is 323. The molecular formula is C6H7N2O2. The summed E-state index contributed by atoms with van der Waals surface area (Å²) in [6.45, 7) is 3.82. The Labute approximate surface area is 57.1 Å². The van der Waals surface area contributed by atoms with Crippen molar-refractivity contribution in [3.63, 3.8) is 0 Å². The van der Waals surface area contributed by atoms with Gasteiger partial charge in [-0.2, -0.15) is 0 Å². The Morgan fingerprint density at radius 3 is 2.80 bits per heavy atom. The average molecular weight is 139 g/mol. The maximum atomic E-state index is 10.7. The number of aromatic nitrogens is 2.